The maximum atomic E-state index is 12.1. The number of carbonyl (C=O) groups is 2. The van der Waals surface area contributed by atoms with E-state index in [-0.39, 0.29) is 19.1 Å². The van der Waals surface area contributed by atoms with Crippen LogP contribution in [0.15, 0.2) is 66.7 Å². The largest absolute Gasteiger partial charge is 0.482 e. The third-order valence-electron chi connectivity index (χ3n) is 5.31. The summed E-state index contributed by atoms with van der Waals surface area (Å²) in [6.45, 7) is 1.54. The van der Waals surface area contributed by atoms with Crippen LogP contribution in [0.5, 0.6) is 5.75 Å². The number of esters is 1. The smallest absolute Gasteiger partial charge is 0.344 e. The zero-order valence-corrected chi connectivity index (χ0v) is 17.4. The molecule has 0 atom stereocenters. The van der Waals surface area contributed by atoms with Crippen LogP contribution in [0.4, 0.5) is 11.4 Å². The normalized spacial score (nSPS) is 13.6. The van der Waals surface area contributed by atoms with E-state index in [9.17, 15) is 9.59 Å². The van der Waals surface area contributed by atoms with Gasteiger partial charge in [-0.1, -0.05) is 30.3 Å². The number of hydrogen-bond donors (Lipinski definition) is 1. The first-order valence-corrected chi connectivity index (χ1v) is 10.6. The molecule has 0 unspecified atom stereocenters. The van der Waals surface area contributed by atoms with E-state index in [2.05, 4.69) is 10.2 Å². The molecular formula is C25H26N2O4. The van der Waals surface area contributed by atoms with Gasteiger partial charge in [-0.2, -0.15) is 0 Å². The van der Waals surface area contributed by atoms with Gasteiger partial charge in [-0.25, -0.2) is 4.79 Å². The van der Waals surface area contributed by atoms with Crippen molar-refractivity contribution in [2.45, 2.75) is 19.3 Å². The molecule has 1 heterocycles. The summed E-state index contributed by atoms with van der Waals surface area (Å²) in [4.78, 5) is 26.4. The number of nitrogens with zero attached hydrogens (tertiary/aromatic N) is 1. The van der Waals surface area contributed by atoms with Crippen LogP contribution in [0.1, 0.15) is 19.3 Å². The maximum absolute atomic E-state index is 12.1. The Balaban J connectivity index is 1.20. The molecule has 1 amide bonds. The zero-order chi connectivity index (χ0) is 21.5. The predicted molar refractivity (Wildman–Crippen MR) is 122 cm³/mol. The van der Waals surface area contributed by atoms with Crippen LogP contribution in [-0.4, -0.2) is 38.2 Å². The van der Waals surface area contributed by atoms with Gasteiger partial charge in [0, 0.05) is 24.5 Å². The van der Waals surface area contributed by atoms with Gasteiger partial charge in [-0.05, 0) is 66.4 Å². The van der Waals surface area contributed by atoms with E-state index >= 15 is 0 Å². The minimum atomic E-state index is -0.594. The van der Waals surface area contributed by atoms with Crippen molar-refractivity contribution >= 4 is 34.0 Å². The van der Waals surface area contributed by atoms with Crippen molar-refractivity contribution in [1.29, 1.82) is 0 Å². The number of nitrogens with one attached hydrogen (secondary N) is 1. The van der Waals surface area contributed by atoms with Crippen LogP contribution in [0.3, 0.4) is 0 Å². The fraction of sp³-hybridized carbons (Fsp3) is 0.280. The Bertz CT molecular complexity index is 1040. The first-order chi connectivity index (χ1) is 15.2. The standard InChI is InChI=1S/C25H26N2O4/c28-24(26-21-9-11-22(12-10-21)27-14-4-1-5-15-27)17-31-25(29)18-30-23-13-8-19-6-2-3-7-20(19)16-23/h2-3,6-13,16H,1,4-5,14-15,17-18H2,(H,26,28). The lowest BCUT2D eigenvalue weighted by Crippen LogP contribution is -2.29. The number of amides is 1. The molecule has 1 aliphatic heterocycles. The number of piperidine rings is 1. The van der Waals surface area contributed by atoms with Crippen LogP contribution >= 0.6 is 0 Å². The van der Waals surface area contributed by atoms with Gasteiger partial charge in [0.2, 0.25) is 0 Å². The van der Waals surface area contributed by atoms with E-state index in [0.29, 0.717) is 11.4 Å². The van der Waals surface area contributed by atoms with Crippen molar-refractivity contribution in [3.8, 4) is 5.75 Å². The number of fused-ring (bicyclic) bond motifs is 1. The van der Waals surface area contributed by atoms with Gasteiger partial charge in [0.15, 0.2) is 13.2 Å². The van der Waals surface area contributed by atoms with Crippen LogP contribution < -0.4 is 15.0 Å². The van der Waals surface area contributed by atoms with Gasteiger partial charge >= 0.3 is 5.97 Å². The number of ether oxygens (including phenoxy) is 2. The van der Waals surface area contributed by atoms with E-state index in [0.717, 1.165) is 29.5 Å². The van der Waals surface area contributed by atoms with Crippen molar-refractivity contribution in [3.05, 3.63) is 66.7 Å². The third kappa shape index (κ3) is 5.75. The summed E-state index contributed by atoms with van der Waals surface area (Å²) in [5, 5.41) is 4.87. The van der Waals surface area contributed by atoms with E-state index < -0.39 is 5.97 Å². The molecule has 3 aromatic carbocycles. The van der Waals surface area contributed by atoms with Gasteiger partial charge in [-0.15, -0.1) is 0 Å². The second kappa shape index (κ2) is 9.98. The number of anilines is 2. The lowest BCUT2D eigenvalue weighted by atomic mass is 10.1. The summed E-state index contributed by atoms with van der Waals surface area (Å²) in [6.07, 6.45) is 3.72. The molecule has 31 heavy (non-hydrogen) atoms. The summed E-state index contributed by atoms with van der Waals surface area (Å²) < 4.78 is 10.5. The summed E-state index contributed by atoms with van der Waals surface area (Å²) in [5.74, 6) is -0.401. The molecule has 0 saturated carbocycles. The summed E-state index contributed by atoms with van der Waals surface area (Å²) >= 11 is 0. The van der Waals surface area contributed by atoms with Crippen LogP contribution in [0.2, 0.25) is 0 Å². The lowest BCUT2D eigenvalue weighted by molar-refractivity contribution is -0.149. The quantitative estimate of drug-likeness (QED) is 0.577. The SMILES string of the molecule is O=C(COC(=O)COc1ccc2ccccc2c1)Nc1ccc(N2CCCCC2)cc1. The van der Waals surface area contributed by atoms with E-state index in [4.69, 9.17) is 9.47 Å². The van der Waals surface area contributed by atoms with E-state index in [1.54, 1.807) is 6.07 Å². The molecule has 1 saturated heterocycles. The highest BCUT2D eigenvalue weighted by atomic mass is 16.6. The highest BCUT2D eigenvalue weighted by molar-refractivity contribution is 5.93. The first kappa shape index (κ1) is 20.7. The molecule has 0 bridgehead atoms. The van der Waals surface area contributed by atoms with Gasteiger partial charge < -0.3 is 19.7 Å². The van der Waals surface area contributed by atoms with Crippen molar-refractivity contribution in [1.82, 2.24) is 0 Å². The number of benzene rings is 3. The lowest BCUT2D eigenvalue weighted by Gasteiger charge is -2.28. The number of carbonyl (C=O) groups excluding carboxylic acids is 2. The molecule has 1 N–H and O–H groups in total. The maximum Gasteiger partial charge on any atom is 0.344 e. The Morgan fingerprint density at radius 2 is 1.58 bits per heavy atom. The highest BCUT2D eigenvalue weighted by Gasteiger charge is 2.12. The minimum Gasteiger partial charge on any atom is -0.482 e. The van der Waals surface area contributed by atoms with Gasteiger partial charge in [-0.3, -0.25) is 4.79 Å². The molecular weight excluding hydrogens is 392 g/mol. The molecule has 1 fully saturated rings. The Labute approximate surface area is 181 Å². The fourth-order valence-corrected chi connectivity index (χ4v) is 3.69. The fourth-order valence-electron chi connectivity index (χ4n) is 3.69. The number of rotatable bonds is 7. The molecule has 6 heteroatoms. The van der Waals surface area contributed by atoms with Crippen molar-refractivity contribution in [2.24, 2.45) is 0 Å². The molecule has 6 nitrogen and oxygen atoms in total. The molecule has 0 radical (unpaired) electrons. The van der Waals surface area contributed by atoms with Crippen molar-refractivity contribution in [2.75, 3.05) is 36.5 Å². The van der Waals surface area contributed by atoms with Crippen LogP contribution in [0, 0.1) is 0 Å². The Morgan fingerprint density at radius 3 is 2.35 bits per heavy atom. The molecule has 1 aliphatic rings. The van der Waals surface area contributed by atoms with Crippen molar-refractivity contribution in [3.63, 3.8) is 0 Å². The third-order valence-corrected chi connectivity index (χ3v) is 5.31. The second-order valence-corrected chi connectivity index (χ2v) is 7.60. The topological polar surface area (TPSA) is 67.9 Å². The predicted octanol–water partition coefficient (Wildman–Crippen LogP) is 4.39. The van der Waals surface area contributed by atoms with Gasteiger partial charge in [0.05, 0.1) is 0 Å². The molecule has 3 aromatic rings. The zero-order valence-electron chi connectivity index (χ0n) is 17.4. The first-order valence-electron chi connectivity index (χ1n) is 10.6. The molecule has 0 aliphatic carbocycles. The molecule has 0 spiro atoms. The minimum absolute atomic E-state index is 0.254. The van der Waals surface area contributed by atoms with Crippen LogP contribution in [0.25, 0.3) is 10.8 Å². The van der Waals surface area contributed by atoms with Gasteiger partial charge in [0.1, 0.15) is 5.75 Å². The van der Waals surface area contributed by atoms with Crippen molar-refractivity contribution < 1.29 is 19.1 Å². The number of hydrogen-bond acceptors (Lipinski definition) is 5. The van der Waals surface area contributed by atoms with Crippen LogP contribution in [-0.2, 0) is 14.3 Å². The Kier molecular flexibility index (Phi) is 6.67. The molecule has 160 valence electrons. The summed E-state index contributed by atoms with van der Waals surface area (Å²) in [5.41, 5.74) is 1.84. The van der Waals surface area contributed by atoms with Gasteiger partial charge in [0.25, 0.3) is 5.91 Å². The average Bonchev–Trinajstić information content (AvgIpc) is 2.82. The highest BCUT2D eigenvalue weighted by Crippen LogP contribution is 2.22. The second-order valence-electron chi connectivity index (χ2n) is 7.60. The molecule has 0 aromatic heterocycles. The summed E-state index contributed by atoms with van der Waals surface area (Å²) in [7, 11) is 0. The molecule has 4 rings (SSSR count). The Hall–Kier alpha value is -3.54. The van der Waals surface area contributed by atoms with E-state index in [1.165, 1.54) is 19.3 Å². The monoisotopic (exact) mass is 418 g/mol. The van der Waals surface area contributed by atoms with E-state index in [1.807, 2.05) is 60.7 Å². The summed E-state index contributed by atoms with van der Waals surface area (Å²) in [6, 6.07) is 21.2. The average molecular weight is 418 g/mol. The Morgan fingerprint density at radius 1 is 0.839 bits per heavy atom.